The lowest BCUT2D eigenvalue weighted by atomic mass is 9.78. The first kappa shape index (κ1) is 9.00. The van der Waals surface area contributed by atoms with Crippen LogP contribution in [-0.4, -0.2) is 35.6 Å². The number of rotatable bonds is 1. The zero-order valence-corrected chi connectivity index (χ0v) is 8.07. The minimum atomic E-state index is -0.628. The third-order valence-electron chi connectivity index (χ3n) is 3.62. The second kappa shape index (κ2) is 3.29. The molecule has 0 aromatic carbocycles. The van der Waals surface area contributed by atoms with Crippen molar-refractivity contribution in [3.63, 3.8) is 0 Å². The molecule has 74 valence electrons. The Balaban J connectivity index is 2.13. The van der Waals surface area contributed by atoms with Crippen molar-refractivity contribution in [3.05, 3.63) is 0 Å². The van der Waals surface area contributed by atoms with Gasteiger partial charge in [-0.3, -0.25) is 9.69 Å². The van der Waals surface area contributed by atoms with Crippen LogP contribution in [0.2, 0.25) is 0 Å². The van der Waals surface area contributed by atoms with E-state index >= 15 is 0 Å². The van der Waals surface area contributed by atoms with Gasteiger partial charge < -0.3 is 5.11 Å². The molecule has 3 nitrogen and oxygen atoms in total. The molecule has 2 fully saturated rings. The summed E-state index contributed by atoms with van der Waals surface area (Å²) in [5.74, 6) is 0.452. The average molecular weight is 183 g/mol. The van der Waals surface area contributed by atoms with Crippen LogP contribution < -0.4 is 0 Å². The molecule has 0 unspecified atom stereocenters. The van der Waals surface area contributed by atoms with E-state index in [-0.39, 0.29) is 6.04 Å². The molecule has 13 heavy (non-hydrogen) atoms. The van der Waals surface area contributed by atoms with Crippen LogP contribution in [0.3, 0.4) is 0 Å². The Morgan fingerprint density at radius 3 is 2.77 bits per heavy atom. The van der Waals surface area contributed by atoms with Gasteiger partial charge in [-0.05, 0) is 31.7 Å². The minimum Gasteiger partial charge on any atom is -0.480 e. The predicted molar refractivity (Wildman–Crippen MR) is 49.5 cm³/mol. The summed E-state index contributed by atoms with van der Waals surface area (Å²) < 4.78 is 0. The van der Waals surface area contributed by atoms with Crippen LogP contribution in [0, 0.1) is 11.8 Å². The number of fused-ring (bicyclic) bond motifs is 1. The molecule has 2 aliphatic rings. The largest absolute Gasteiger partial charge is 0.480 e. The molecule has 1 saturated carbocycles. The quantitative estimate of drug-likeness (QED) is 0.664. The van der Waals surface area contributed by atoms with E-state index in [2.05, 4.69) is 0 Å². The summed E-state index contributed by atoms with van der Waals surface area (Å²) >= 11 is 0. The number of carboxylic acid groups (broad SMARTS) is 1. The molecule has 1 aliphatic carbocycles. The topological polar surface area (TPSA) is 40.5 Å². The number of carboxylic acids is 1. The van der Waals surface area contributed by atoms with Gasteiger partial charge in [-0.1, -0.05) is 12.8 Å². The summed E-state index contributed by atoms with van der Waals surface area (Å²) in [4.78, 5) is 13.0. The van der Waals surface area contributed by atoms with E-state index in [1.165, 1.54) is 19.3 Å². The van der Waals surface area contributed by atoms with Gasteiger partial charge in [-0.25, -0.2) is 0 Å². The summed E-state index contributed by atoms with van der Waals surface area (Å²) in [5.41, 5.74) is 0. The maximum Gasteiger partial charge on any atom is 0.321 e. The van der Waals surface area contributed by atoms with Crippen LogP contribution in [-0.2, 0) is 4.79 Å². The van der Waals surface area contributed by atoms with Gasteiger partial charge in [0.2, 0.25) is 0 Å². The van der Waals surface area contributed by atoms with Crippen molar-refractivity contribution in [1.29, 1.82) is 0 Å². The first-order valence-electron chi connectivity index (χ1n) is 5.13. The summed E-state index contributed by atoms with van der Waals surface area (Å²) in [6, 6.07) is -0.203. The number of carbonyl (C=O) groups is 1. The van der Waals surface area contributed by atoms with Gasteiger partial charge in [-0.2, -0.15) is 0 Å². The fourth-order valence-corrected chi connectivity index (χ4v) is 3.06. The van der Waals surface area contributed by atoms with Crippen LogP contribution in [0.25, 0.3) is 0 Å². The zero-order valence-electron chi connectivity index (χ0n) is 8.07. The van der Waals surface area contributed by atoms with Crippen molar-refractivity contribution < 1.29 is 9.90 Å². The summed E-state index contributed by atoms with van der Waals surface area (Å²) in [5, 5.41) is 9.08. The van der Waals surface area contributed by atoms with Gasteiger partial charge in [0.1, 0.15) is 6.04 Å². The van der Waals surface area contributed by atoms with E-state index in [9.17, 15) is 4.79 Å². The van der Waals surface area contributed by atoms with Crippen LogP contribution in [0.4, 0.5) is 0 Å². The van der Waals surface area contributed by atoms with Crippen LogP contribution in [0.5, 0.6) is 0 Å². The number of likely N-dealkylation sites (N-methyl/N-ethyl adjacent to an activating group) is 1. The molecular weight excluding hydrogens is 166 g/mol. The Morgan fingerprint density at radius 2 is 2.08 bits per heavy atom. The van der Waals surface area contributed by atoms with Crippen LogP contribution in [0.15, 0.2) is 0 Å². The summed E-state index contributed by atoms with van der Waals surface area (Å²) in [6.45, 7) is 0.988. The molecule has 3 atom stereocenters. The number of aliphatic carboxylic acids is 1. The maximum atomic E-state index is 11.0. The van der Waals surface area contributed by atoms with E-state index < -0.39 is 5.97 Å². The SMILES string of the molecule is CN1C[C@@H]2CCCC[C@@H]2[C@@H]1C(=O)O. The molecule has 0 aromatic heterocycles. The van der Waals surface area contributed by atoms with Crippen molar-refractivity contribution in [1.82, 2.24) is 4.90 Å². The molecule has 1 N–H and O–H groups in total. The lowest BCUT2D eigenvalue weighted by Gasteiger charge is -2.26. The second-order valence-corrected chi connectivity index (χ2v) is 4.43. The Labute approximate surface area is 78.7 Å². The lowest BCUT2D eigenvalue weighted by Crippen LogP contribution is -2.37. The molecule has 3 heteroatoms. The molecule has 0 amide bonds. The number of hydrogen-bond acceptors (Lipinski definition) is 2. The molecule has 0 radical (unpaired) electrons. The maximum absolute atomic E-state index is 11.0. The number of likely N-dealkylation sites (tertiary alicyclic amines) is 1. The minimum absolute atomic E-state index is 0.203. The lowest BCUT2D eigenvalue weighted by molar-refractivity contribution is -0.143. The van der Waals surface area contributed by atoms with Crippen molar-refractivity contribution >= 4 is 5.97 Å². The third kappa shape index (κ3) is 1.46. The Bertz CT molecular complexity index is 217. The van der Waals surface area contributed by atoms with Gasteiger partial charge in [-0.15, -0.1) is 0 Å². The number of nitrogens with zero attached hydrogens (tertiary/aromatic N) is 1. The first-order valence-corrected chi connectivity index (χ1v) is 5.13. The highest BCUT2D eigenvalue weighted by Gasteiger charge is 2.44. The predicted octanol–water partition coefficient (Wildman–Crippen LogP) is 1.19. The summed E-state index contributed by atoms with van der Waals surface area (Å²) in [6.07, 6.45) is 4.87. The smallest absolute Gasteiger partial charge is 0.321 e. The highest BCUT2D eigenvalue weighted by Crippen LogP contribution is 2.39. The highest BCUT2D eigenvalue weighted by atomic mass is 16.4. The first-order chi connectivity index (χ1) is 6.20. The average Bonchev–Trinajstić information content (AvgIpc) is 2.39. The number of hydrogen-bond donors (Lipinski definition) is 1. The van der Waals surface area contributed by atoms with E-state index in [4.69, 9.17) is 5.11 Å². The molecule has 1 heterocycles. The third-order valence-corrected chi connectivity index (χ3v) is 3.62. The molecule has 0 aromatic rings. The summed E-state index contributed by atoms with van der Waals surface area (Å²) in [7, 11) is 1.94. The van der Waals surface area contributed by atoms with Crippen molar-refractivity contribution in [2.24, 2.45) is 11.8 Å². The normalized spacial score (nSPS) is 40.2. The molecule has 0 spiro atoms. The van der Waals surface area contributed by atoms with E-state index in [1.807, 2.05) is 11.9 Å². The van der Waals surface area contributed by atoms with E-state index in [0.717, 1.165) is 13.0 Å². The molecule has 1 saturated heterocycles. The van der Waals surface area contributed by atoms with Gasteiger partial charge >= 0.3 is 5.97 Å². The Hall–Kier alpha value is -0.570. The molecule has 1 aliphatic heterocycles. The molecule has 2 rings (SSSR count). The fourth-order valence-electron chi connectivity index (χ4n) is 3.06. The van der Waals surface area contributed by atoms with Crippen LogP contribution in [0.1, 0.15) is 25.7 Å². The van der Waals surface area contributed by atoms with E-state index in [1.54, 1.807) is 0 Å². The Morgan fingerprint density at radius 1 is 1.38 bits per heavy atom. The van der Waals surface area contributed by atoms with Crippen molar-refractivity contribution in [2.45, 2.75) is 31.7 Å². The van der Waals surface area contributed by atoms with Crippen molar-refractivity contribution in [3.8, 4) is 0 Å². The standard InChI is InChI=1S/C10H17NO2/c1-11-6-7-4-2-3-5-8(7)9(11)10(12)13/h7-9H,2-6H2,1H3,(H,12,13)/t7-,8-,9+/m0/s1. The van der Waals surface area contributed by atoms with Gasteiger partial charge in [0, 0.05) is 6.54 Å². The van der Waals surface area contributed by atoms with E-state index in [0.29, 0.717) is 11.8 Å². The zero-order chi connectivity index (χ0) is 9.42. The van der Waals surface area contributed by atoms with Gasteiger partial charge in [0.25, 0.3) is 0 Å². The van der Waals surface area contributed by atoms with Crippen molar-refractivity contribution in [2.75, 3.05) is 13.6 Å². The van der Waals surface area contributed by atoms with Crippen LogP contribution >= 0.6 is 0 Å². The molecular formula is C10H17NO2. The Kier molecular flexibility index (Phi) is 2.28. The fraction of sp³-hybridized carbons (Fsp3) is 0.900. The van der Waals surface area contributed by atoms with Gasteiger partial charge in [0.05, 0.1) is 0 Å². The monoisotopic (exact) mass is 183 g/mol. The molecule has 0 bridgehead atoms. The second-order valence-electron chi connectivity index (χ2n) is 4.43. The highest BCUT2D eigenvalue weighted by molar-refractivity contribution is 5.74. The van der Waals surface area contributed by atoms with Gasteiger partial charge in [0.15, 0.2) is 0 Å².